The predicted molar refractivity (Wildman–Crippen MR) is 83.8 cm³/mol. The van der Waals surface area contributed by atoms with Crippen molar-refractivity contribution in [1.82, 2.24) is 4.90 Å². The highest BCUT2D eigenvalue weighted by atomic mass is 16.2. The van der Waals surface area contributed by atoms with E-state index in [0.717, 1.165) is 37.4 Å². The van der Waals surface area contributed by atoms with Gasteiger partial charge >= 0.3 is 0 Å². The fourth-order valence-corrected chi connectivity index (χ4v) is 2.47. The maximum atomic E-state index is 12.0. The topological polar surface area (TPSA) is 49.6 Å². The van der Waals surface area contributed by atoms with Crippen LogP contribution in [0.25, 0.3) is 0 Å². The summed E-state index contributed by atoms with van der Waals surface area (Å²) >= 11 is 0. The first-order valence-electron chi connectivity index (χ1n) is 7.02. The molecule has 0 radical (unpaired) electrons. The van der Waals surface area contributed by atoms with Gasteiger partial charge in [0.25, 0.3) is 0 Å². The third-order valence-electron chi connectivity index (χ3n) is 3.58. The lowest BCUT2D eigenvalue weighted by atomic mass is 10.1. The van der Waals surface area contributed by atoms with E-state index in [4.69, 9.17) is 5.73 Å². The summed E-state index contributed by atoms with van der Waals surface area (Å²) in [5.74, 6) is 0.119. The minimum absolute atomic E-state index is 0.119. The van der Waals surface area contributed by atoms with Gasteiger partial charge in [-0.25, -0.2) is 0 Å². The number of allylic oxidation sites excluding steroid dienone is 1. The van der Waals surface area contributed by atoms with Gasteiger partial charge in [-0.1, -0.05) is 11.6 Å². The smallest absolute Gasteiger partial charge is 0.246 e. The van der Waals surface area contributed by atoms with Crippen LogP contribution in [0.15, 0.2) is 29.8 Å². The third kappa shape index (κ3) is 3.32. The van der Waals surface area contributed by atoms with Crippen LogP contribution in [0.5, 0.6) is 0 Å². The Labute approximate surface area is 120 Å². The van der Waals surface area contributed by atoms with E-state index in [1.54, 1.807) is 6.08 Å². The molecule has 4 heteroatoms. The Bertz CT molecular complexity index is 525. The zero-order chi connectivity index (χ0) is 14.7. The predicted octanol–water partition coefficient (Wildman–Crippen LogP) is 2.19. The van der Waals surface area contributed by atoms with E-state index in [0.29, 0.717) is 0 Å². The Morgan fingerprint density at radius 3 is 2.45 bits per heavy atom. The number of aryl methyl sites for hydroxylation is 1. The van der Waals surface area contributed by atoms with Crippen LogP contribution < -0.4 is 10.6 Å². The molecule has 1 aromatic carbocycles. The molecule has 1 saturated heterocycles. The molecule has 108 valence electrons. The van der Waals surface area contributed by atoms with Crippen LogP contribution in [-0.4, -0.2) is 37.0 Å². The second kappa shape index (κ2) is 5.99. The quantitative estimate of drug-likeness (QED) is 0.664. The van der Waals surface area contributed by atoms with E-state index < -0.39 is 0 Å². The molecule has 1 aliphatic rings. The van der Waals surface area contributed by atoms with Crippen molar-refractivity contribution in [1.29, 1.82) is 0 Å². The second-order valence-corrected chi connectivity index (χ2v) is 5.58. The lowest BCUT2D eigenvalue weighted by Gasteiger charge is -2.36. The van der Waals surface area contributed by atoms with Crippen molar-refractivity contribution in [3.05, 3.63) is 35.4 Å². The molecule has 20 heavy (non-hydrogen) atoms. The van der Waals surface area contributed by atoms with E-state index in [9.17, 15) is 4.79 Å². The SMILES string of the molecule is CC(C)=CC(=O)N1CCN(c2cc(N)ccc2C)CC1. The highest BCUT2D eigenvalue weighted by Gasteiger charge is 2.20. The van der Waals surface area contributed by atoms with Gasteiger partial charge in [0.05, 0.1) is 0 Å². The van der Waals surface area contributed by atoms with Gasteiger partial charge in [-0.2, -0.15) is 0 Å². The number of carbonyl (C=O) groups excluding carboxylic acids is 1. The summed E-state index contributed by atoms with van der Waals surface area (Å²) in [5, 5.41) is 0. The number of hydrogen-bond acceptors (Lipinski definition) is 3. The number of hydrogen-bond donors (Lipinski definition) is 1. The molecule has 0 aliphatic carbocycles. The van der Waals surface area contributed by atoms with Crippen LogP contribution in [-0.2, 0) is 4.79 Å². The van der Waals surface area contributed by atoms with E-state index in [1.165, 1.54) is 11.3 Å². The molecule has 0 aromatic heterocycles. The van der Waals surface area contributed by atoms with Crippen LogP contribution in [0.3, 0.4) is 0 Å². The number of amides is 1. The zero-order valence-electron chi connectivity index (χ0n) is 12.5. The maximum Gasteiger partial charge on any atom is 0.246 e. The minimum atomic E-state index is 0.119. The number of nitrogens with zero attached hydrogens (tertiary/aromatic N) is 2. The number of piperazine rings is 1. The third-order valence-corrected chi connectivity index (χ3v) is 3.58. The summed E-state index contributed by atoms with van der Waals surface area (Å²) in [6.45, 7) is 9.22. The van der Waals surface area contributed by atoms with Gasteiger partial charge in [0.15, 0.2) is 0 Å². The van der Waals surface area contributed by atoms with Gasteiger partial charge in [0, 0.05) is 43.6 Å². The molecule has 0 bridgehead atoms. The Balaban J connectivity index is 2.03. The molecule has 0 atom stereocenters. The summed E-state index contributed by atoms with van der Waals surface area (Å²) in [7, 11) is 0. The number of nitrogen functional groups attached to an aromatic ring is 1. The van der Waals surface area contributed by atoms with Crippen LogP contribution >= 0.6 is 0 Å². The number of nitrogens with two attached hydrogens (primary N) is 1. The van der Waals surface area contributed by atoms with Crippen molar-refractivity contribution >= 4 is 17.3 Å². The first-order chi connectivity index (χ1) is 9.47. The average molecular weight is 273 g/mol. The van der Waals surface area contributed by atoms with Crippen molar-refractivity contribution in [3.63, 3.8) is 0 Å². The summed E-state index contributed by atoms with van der Waals surface area (Å²) in [6.07, 6.45) is 1.71. The summed E-state index contributed by atoms with van der Waals surface area (Å²) in [6, 6.07) is 5.99. The molecule has 1 heterocycles. The Morgan fingerprint density at radius 2 is 1.85 bits per heavy atom. The van der Waals surface area contributed by atoms with E-state index in [2.05, 4.69) is 11.8 Å². The molecule has 1 amide bonds. The molecule has 0 unspecified atom stereocenters. The standard InChI is InChI=1S/C16H23N3O/c1-12(2)10-16(20)19-8-6-18(7-9-19)15-11-14(17)5-4-13(15)3/h4-5,10-11H,6-9,17H2,1-3H3. The first-order valence-corrected chi connectivity index (χ1v) is 7.02. The van der Waals surface area contributed by atoms with Crippen molar-refractivity contribution in [2.24, 2.45) is 0 Å². The normalized spacial score (nSPS) is 15.2. The van der Waals surface area contributed by atoms with Gasteiger partial charge < -0.3 is 15.5 Å². The Hall–Kier alpha value is -1.97. The van der Waals surface area contributed by atoms with E-state index >= 15 is 0 Å². The van der Waals surface area contributed by atoms with Gasteiger partial charge in [-0.3, -0.25) is 4.79 Å². The summed E-state index contributed by atoms with van der Waals surface area (Å²) in [5.41, 5.74) is 10.1. The van der Waals surface area contributed by atoms with Crippen LogP contribution in [0.4, 0.5) is 11.4 Å². The van der Waals surface area contributed by atoms with E-state index in [1.807, 2.05) is 36.9 Å². The second-order valence-electron chi connectivity index (χ2n) is 5.58. The Morgan fingerprint density at radius 1 is 1.20 bits per heavy atom. The fraction of sp³-hybridized carbons (Fsp3) is 0.438. The molecule has 1 aliphatic heterocycles. The van der Waals surface area contributed by atoms with Gasteiger partial charge in [-0.05, 0) is 38.5 Å². The highest BCUT2D eigenvalue weighted by Crippen LogP contribution is 2.24. The van der Waals surface area contributed by atoms with Gasteiger partial charge in [0.2, 0.25) is 5.91 Å². The Kier molecular flexibility index (Phi) is 4.32. The zero-order valence-corrected chi connectivity index (χ0v) is 12.5. The molecule has 2 rings (SSSR count). The molecular weight excluding hydrogens is 250 g/mol. The molecule has 2 N–H and O–H groups in total. The molecule has 1 aromatic rings. The molecule has 4 nitrogen and oxygen atoms in total. The molecular formula is C16H23N3O. The lowest BCUT2D eigenvalue weighted by molar-refractivity contribution is -0.126. The number of carbonyl (C=O) groups is 1. The molecule has 1 fully saturated rings. The molecule has 0 spiro atoms. The maximum absolute atomic E-state index is 12.0. The average Bonchev–Trinajstić information content (AvgIpc) is 2.41. The molecule has 0 saturated carbocycles. The number of benzene rings is 1. The van der Waals surface area contributed by atoms with Crippen molar-refractivity contribution in [2.75, 3.05) is 36.8 Å². The van der Waals surface area contributed by atoms with Gasteiger partial charge in [-0.15, -0.1) is 0 Å². The largest absolute Gasteiger partial charge is 0.399 e. The number of anilines is 2. The van der Waals surface area contributed by atoms with Gasteiger partial charge in [0.1, 0.15) is 0 Å². The van der Waals surface area contributed by atoms with Crippen LogP contribution in [0.2, 0.25) is 0 Å². The lowest BCUT2D eigenvalue weighted by Crippen LogP contribution is -2.48. The van der Waals surface area contributed by atoms with Crippen molar-refractivity contribution in [3.8, 4) is 0 Å². The van der Waals surface area contributed by atoms with Crippen LogP contribution in [0.1, 0.15) is 19.4 Å². The summed E-state index contributed by atoms with van der Waals surface area (Å²) < 4.78 is 0. The summed E-state index contributed by atoms with van der Waals surface area (Å²) in [4.78, 5) is 16.2. The fourth-order valence-electron chi connectivity index (χ4n) is 2.47. The van der Waals surface area contributed by atoms with Crippen molar-refractivity contribution < 1.29 is 4.79 Å². The highest BCUT2D eigenvalue weighted by molar-refractivity contribution is 5.88. The monoisotopic (exact) mass is 273 g/mol. The van der Waals surface area contributed by atoms with E-state index in [-0.39, 0.29) is 5.91 Å². The minimum Gasteiger partial charge on any atom is -0.399 e. The van der Waals surface area contributed by atoms with Crippen LogP contribution in [0, 0.1) is 6.92 Å². The first kappa shape index (κ1) is 14.4. The number of rotatable bonds is 2. The van der Waals surface area contributed by atoms with Crippen molar-refractivity contribution in [2.45, 2.75) is 20.8 Å².